The number of anilines is 1. The van der Waals surface area contributed by atoms with Gasteiger partial charge in [0.05, 0.1) is 6.04 Å². The van der Waals surface area contributed by atoms with Gasteiger partial charge in [-0.3, -0.25) is 9.36 Å². The molecule has 2 atom stereocenters. The van der Waals surface area contributed by atoms with Gasteiger partial charge in [0.15, 0.2) is 0 Å². The van der Waals surface area contributed by atoms with E-state index < -0.39 is 0 Å². The number of ether oxygens (including phenoxy) is 1. The van der Waals surface area contributed by atoms with Gasteiger partial charge in [-0.25, -0.2) is 4.98 Å². The molecule has 0 radical (unpaired) electrons. The van der Waals surface area contributed by atoms with E-state index in [2.05, 4.69) is 55.4 Å². The second-order valence-electron chi connectivity index (χ2n) is 9.00. The van der Waals surface area contributed by atoms with Gasteiger partial charge in [0.1, 0.15) is 17.5 Å². The lowest BCUT2D eigenvalue weighted by Gasteiger charge is -2.24. The van der Waals surface area contributed by atoms with Crippen LogP contribution in [0.25, 0.3) is 11.0 Å². The molecule has 2 N–H and O–H groups in total. The Bertz CT molecular complexity index is 1110. The van der Waals surface area contributed by atoms with Crippen molar-refractivity contribution in [3.05, 3.63) is 58.5 Å². The molecule has 1 aliphatic rings. The molecule has 1 fully saturated rings. The minimum Gasteiger partial charge on any atom is -0.490 e. The number of benzene rings is 1. The van der Waals surface area contributed by atoms with Crippen LogP contribution in [0.3, 0.4) is 0 Å². The van der Waals surface area contributed by atoms with Gasteiger partial charge in [0.25, 0.3) is 5.56 Å². The van der Waals surface area contributed by atoms with E-state index in [0.717, 1.165) is 42.6 Å². The molecule has 3 heterocycles. The van der Waals surface area contributed by atoms with Gasteiger partial charge in [-0.1, -0.05) is 26.0 Å². The average molecular weight is 472 g/mol. The van der Waals surface area contributed by atoms with Crippen LogP contribution >= 0.6 is 12.4 Å². The van der Waals surface area contributed by atoms with Crippen LogP contribution in [0.4, 0.5) is 5.95 Å². The van der Waals surface area contributed by atoms with E-state index in [0.29, 0.717) is 17.5 Å². The second kappa shape index (κ2) is 11.0. The molecule has 7 nitrogen and oxygen atoms in total. The summed E-state index contributed by atoms with van der Waals surface area (Å²) in [6, 6.07) is 11.6. The zero-order chi connectivity index (χ0) is 22.7. The fourth-order valence-corrected chi connectivity index (χ4v) is 4.02. The van der Waals surface area contributed by atoms with Crippen LogP contribution in [0.2, 0.25) is 0 Å². The first kappa shape index (κ1) is 25.0. The summed E-state index contributed by atoms with van der Waals surface area (Å²) < 4.78 is 7.87. The first-order valence-corrected chi connectivity index (χ1v) is 11.5. The quantitative estimate of drug-likeness (QED) is 0.518. The number of hydrogen-bond donors (Lipinski definition) is 2. The zero-order valence-corrected chi connectivity index (χ0v) is 20.6. The summed E-state index contributed by atoms with van der Waals surface area (Å²) in [4.78, 5) is 21.8. The van der Waals surface area contributed by atoms with Gasteiger partial charge in [0, 0.05) is 23.7 Å². The van der Waals surface area contributed by atoms with E-state index in [9.17, 15) is 4.79 Å². The molecule has 8 heteroatoms. The summed E-state index contributed by atoms with van der Waals surface area (Å²) in [5.41, 5.74) is 1.74. The van der Waals surface area contributed by atoms with Crippen LogP contribution in [-0.2, 0) is 0 Å². The van der Waals surface area contributed by atoms with E-state index in [1.54, 1.807) is 22.9 Å². The number of nitrogens with zero attached hydrogens (tertiary/aromatic N) is 3. The third-order valence-electron chi connectivity index (χ3n) is 6.35. The Morgan fingerprint density at radius 2 is 1.76 bits per heavy atom. The van der Waals surface area contributed by atoms with E-state index in [4.69, 9.17) is 9.72 Å². The molecule has 3 aromatic rings. The van der Waals surface area contributed by atoms with Gasteiger partial charge >= 0.3 is 0 Å². The highest BCUT2D eigenvalue weighted by atomic mass is 35.5. The van der Waals surface area contributed by atoms with Gasteiger partial charge in [-0.05, 0) is 69.5 Å². The number of pyridine rings is 1. The number of piperidine rings is 1. The topological polar surface area (TPSA) is 81.1 Å². The number of fused-ring (bicyclic) bond motifs is 1. The van der Waals surface area contributed by atoms with E-state index in [-0.39, 0.29) is 36.2 Å². The van der Waals surface area contributed by atoms with Crippen LogP contribution in [0.15, 0.2) is 47.4 Å². The monoisotopic (exact) mass is 471 g/mol. The number of hydrogen-bond acceptors (Lipinski definition) is 6. The Labute approximate surface area is 201 Å². The summed E-state index contributed by atoms with van der Waals surface area (Å²) in [6.45, 7) is 10.4. The Balaban J connectivity index is 0.00000306. The maximum atomic E-state index is 12.6. The number of aromatic nitrogens is 3. The first-order chi connectivity index (χ1) is 15.4. The molecule has 33 heavy (non-hydrogen) atoms. The molecule has 1 saturated heterocycles. The Morgan fingerprint density at radius 1 is 1.06 bits per heavy atom. The van der Waals surface area contributed by atoms with Crippen molar-refractivity contribution in [3.63, 3.8) is 0 Å². The predicted octanol–water partition coefficient (Wildman–Crippen LogP) is 4.73. The molecular weight excluding hydrogens is 438 g/mol. The van der Waals surface area contributed by atoms with Crippen LogP contribution in [0.5, 0.6) is 5.75 Å². The standard InChI is InChI=1S/C25H33N5O2.ClH/c1-16(2)18(4)30-23(31)10-7-20-15-27-25(29-24(20)30)28-17(3)19-5-8-21(9-6-19)32-22-11-13-26-14-12-22;/h5-10,15-18,22,26H,11-14H2,1-4H3,(H,27,28,29);1H. The molecule has 0 bridgehead atoms. The smallest absolute Gasteiger partial charge is 0.252 e. The van der Waals surface area contributed by atoms with Crippen LogP contribution in [0, 0.1) is 5.92 Å². The van der Waals surface area contributed by atoms with Crippen molar-refractivity contribution < 1.29 is 4.74 Å². The predicted molar refractivity (Wildman–Crippen MR) is 136 cm³/mol. The summed E-state index contributed by atoms with van der Waals surface area (Å²) >= 11 is 0. The van der Waals surface area contributed by atoms with E-state index >= 15 is 0 Å². The summed E-state index contributed by atoms with van der Waals surface area (Å²) in [6.07, 6.45) is 4.14. The van der Waals surface area contributed by atoms with Crippen molar-refractivity contribution in [2.45, 2.75) is 58.7 Å². The van der Waals surface area contributed by atoms with Crippen LogP contribution in [0.1, 0.15) is 58.2 Å². The molecule has 4 rings (SSSR count). The summed E-state index contributed by atoms with van der Waals surface area (Å²) in [7, 11) is 0. The van der Waals surface area contributed by atoms with E-state index in [1.807, 2.05) is 12.1 Å². The summed E-state index contributed by atoms with van der Waals surface area (Å²) in [5, 5.41) is 7.59. The average Bonchev–Trinajstić information content (AvgIpc) is 2.79. The molecule has 2 unspecified atom stereocenters. The largest absolute Gasteiger partial charge is 0.490 e. The van der Waals surface area contributed by atoms with Crippen molar-refractivity contribution in [2.75, 3.05) is 18.4 Å². The van der Waals surface area contributed by atoms with Crippen LogP contribution in [-0.4, -0.2) is 33.7 Å². The molecule has 2 aromatic heterocycles. The molecular formula is C25H34ClN5O2. The molecule has 178 valence electrons. The van der Waals surface area contributed by atoms with Gasteiger partial charge in [0.2, 0.25) is 5.95 Å². The van der Waals surface area contributed by atoms with Gasteiger partial charge in [-0.15, -0.1) is 12.4 Å². The normalized spacial score (nSPS) is 16.3. The molecule has 0 spiro atoms. The van der Waals surface area contributed by atoms with Crippen molar-refractivity contribution in [1.82, 2.24) is 19.9 Å². The molecule has 0 amide bonds. The maximum Gasteiger partial charge on any atom is 0.252 e. The third kappa shape index (κ3) is 5.84. The van der Waals surface area contributed by atoms with Crippen LogP contribution < -0.4 is 20.9 Å². The lowest BCUT2D eigenvalue weighted by molar-refractivity contribution is 0.162. The minimum atomic E-state index is -0.0410. The van der Waals surface area contributed by atoms with Crippen molar-refractivity contribution in [3.8, 4) is 5.75 Å². The molecule has 0 saturated carbocycles. The highest BCUT2D eigenvalue weighted by molar-refractivity contribution is 5.85. The fourth-order valence-electron chi connectivity index (χ4n) is 4.02. The SMILES string of the molecule is CC(Nc1ncc2ccc(=O)n(C(C)C(C)C)c2n1)c1ccc(OC2CCNCC2)cc1.Cl. The highest BCUT2D eigenvalue weighted by Crippen LogP contribution is 2.24. The number of halogens is 1. The van der Waals surface area contributed by atoms with Gasteiger partial charge < -0.3 is 15.4 Å². The lowest BCUT2D eigenvalue weighted by Crippen LogP contribution is -2.34. The molecule has 1 aliphatic heterocycles. The Hall–Kier alpha value is -2.64. The zero-order valence-electron chi connectivity index (χ0n) is 19.7. The molecule has 1 aromatic carbocycles. The van der Waals surface area contributed by atoms with E-state index in [1.165, 1.54) is 0 Å². The fraction of sp³-hybridized carbons (Fsp3) is 0.480. The Kier molecular flexibility index (Phi) is 8.32. The Morgan fingerprint density at radius 3 is 2.42 bits per heavy atom. The summed E-state index contributed by atoms with van der Waals surface area (Å²) in [5.74, 6) is 1.73. The lowest BCUT2D eigenvalue weighted by atomic mass is 10.1. The molecule has 0 aliphatic carbocycles. The first-order valence-electron chi connectivity index (χ1n) is 11.5. The maximum absolute atomic E-state index is 12.6. The van der Waals surface area contributed by atoms with Crippen molar-refractivity contribution in [2.24, 2.45) is 5.92 Å². The number of nitrogens with one attached hydrogen (secondary N) is 2. The third-order valence-corrected chi connectivity index (χ3v) is 6.35. The van der Waals surface area contributed by atoms with Gasteiger partial charge in [-0.2, -0.15) is 4.98 Å². The van der Waals surface area contributed by atoms with Crippen molar-refractivity contribution in [1.29, 1.82) is 0 Å². The van der Waals surface area contributed by atoms with Crippen molar-refractivity contribution >= 4 is 29.4 Å². The number of rotatable bonds is 7. The minimum absolute atomic E-state index is 0. The highest BCUT2D eigenvalue weighted by Gasteiger charge is 2.17. The second-order valence-corrected chi connectivity index (χ2v) is 9.00.